The minimum Gasteiger partial charge on any atom is -0.328 e. The van der Waals surface area contributed by atoms with Crippen molar-refractivity contribution >= 4 is 16.9 Å². The van der Waals surface area contributed by atoms with Crippen molar-refractivity contribution in [1.82, 2.24) is 4.90 Å². The first-order valence-electron chi connectivity index (χ1n) is 3.36. The number of hydrogen-bond donors (Lipinski definition) is 1. The Hall–Kier alpha value is -1.14. The molecule has 0 radical (unpaired) electrons. The molecule has 0 aliphatic heterocycles. The van der Waals surface area contributed by atoms with Gasteiger partial charge in [0.25, 0.3) is 0 Å². The molecule has 0 unspecified atom stereocenters. The molecule has 1 N–H and O–H groups in total. The largest absolute Gasteiger partial charge is 0.328 e. The first-order valence-corrected chi connectivity index (χ1v) is 4.24. The molecule has 0 saturated carbocycles. The zero-order valence-electron chi connectivity index (χ0n) is 7.29. The van der Waals surface area contributed by atoms with E-state index in [1.807, 2.05) is 6.92 Å². The van der Waals surface area contributed by atoms with Gasteiger partial charge in [0, 0.05) is 18.8 Å². The standard InChI is InChI=1S/C9H12N2S/c1-5-7-8(3)11(4)9(10)12-6-2/h1,6-7,10H,2H2,3-4H3/b8-7-,10-9?. The molecule has 0 heterocycles. The Labute approximate surface area is 77.8 Å². The predicted octanol–water partition coefficient (Wildman–Crippen LogP) is 2.27. The van der Waals surface area contributed by atoms with E-state index in [-0.39, 0.29) is 0 Å². The Morgan fingerprint density at radius 1 is 1.75 bits per heavy atom. The number of thioether (sulfide) groups is 1. The summed E-state index contributed by atoms with van der Waals surface area (Å²) in [5, 5.41) is 9.54. The summed E-state index contributed by atoms with van der Waals surface area (Å²) >= 11 is 1.26. The number of allylic oxidation sites excluding steroid dienone is 2. The Morgan fingerprint density at radius 2 is 2.33 bits per heavy atom. The van der Waals surface area contributed by atoms with Gasteiger partial charge < -0.3 is 4.90 Å². The van der Waals surface area contributed by atoms with Gasteiger partial charge in [0.1, 0.15) is 0 Å². The van der Waals surface area contributed by atoms with Crippen molar-refractivity contribution in [2.24, 2.45) is 0 Å². The van der Waals surface area contributed by atoms with Gasteiger partial charge in [-0.15, -0.1) is 6.42 Å². The van der Waals surface area contributed by atoms with Crippen molar-refractivity contribution in [3.63, 3.8) is 0 Å². The third kappa shape index (κ3) is 3.31. The third-order valence-electron chi connectivity index (χ3n) is 1.32. The van der Waals surface area contributed by atoms with E-state index >= 15 is 0 Å². The summed E-state index contributed by atoms with van der Waals surface area (Å²) in [4.78, 5) is 1.70. The summed E-state index contributed by atoms with van der Waals surface area (Å²) in [6.45, 7) is 5.38. The molecule has 3 heteroatoms. The van der Waals surface area contributed by atoms with Crippen molar-refractivity contribution in [1.29, 1.82) is 5.41 Å². The zero-order chi connectivity index (χ0) is 9.56. The van der Waals surface area contributed by atoms with Gasteiger partial charge in [0.15, 0.2) is 5.17 Å². The number of terminal acetylenes is 1. The highest BCUT2D eigenvalue weighted by atomic mass is 32.2. The lowest BCUT2D eigenvalue weighted by Gasteiger charge is -2.17. The van der Waals surface area contributed by atoms with Gasteiger partial charge >= 0.3 is 0 Å². The Balaban J connectivity index is 4.30. The summed E-state index contributed by atoms with van der Waals surface area (Å²) in [6, 6.07) is 0. The second-order valence-electron chi connectivity index (χ2n) is 2.10. The van der Waals surface area contributed by atoms with E-state index in [1.54, 1.807) is 23.4 Å². The number of nitrogens with one attached hydrogen (secondary N) is 1. The SMILES string of the molecule is C#C/C=C(/C)N(C)C(=N)SC=C. The molecule has 0 atom stereocenters. The van der Waals surface area contributed by atoms with Crippen molar-refractivity contribution in [3.05, 3.63) is 23.8 Å². The normalized spacial score (nSPS) is 10.2. The maximum atomic E-state index is 7.51. The first-order chi connectivity index (χ1) is 5.63. The lowest BCUT2D eigenvalue weighted by atomic mass is 10.4. The van der Waals surface area contributed by atoms with Crippen LogP contribution in [-0.2, 0) is 0 Å². The fourth-order valence-electron chi connectivity index (χ4n) is 0.536. The summed E-state index contributed by atoms with van der Waals surface area (Å²) in [5.41, 5.74) is 0.872. The van der Waals surface area contributed by atoms with Crippen LogP contribution in [0.5, 0.6) is 0 Å². The molecule has 0 aliphatic rings. The van der Waals surface area contributed by atoms with E-state index < -0.39 is 0 Å². The van der Waals surface area contributed by atoms with E-state index in [9.17, 15) is 0 Å². The second kappa shape index (κ2) is 5.50. The molecule has 0 aromatic heterocycles. The molecule has 0 aliphatic carbocycles. The van der Waals surface area contributed by atoms with Crippen molar-refractivity contribution in [2.75, 3.05) is 7.05 Å². The van der Waals surface area contributed by atoms with Gasteiger partial charge in [-0.2, -0.15) is 0 Å². The maximum absolute atomic E-state index is 7.51. The van der Waals surface area contributed by atoms with E-state index in [0.29, 0.717) is 5.17 Å². The minimum atomic E-state index is 0.411. The van der Waals surface area contributed by atoms with Crippen LogP contribution in [0.4, 0.5) is 0 Å². The number of amidine groups is 1. The van der Waals surface area contributed by atoms with Crippen molar-refractivity contribution in [3.8, 4) is 12.3 Å². The van der Waals surface area contributed by atoms with Gasteiger partial charge in [-0.05, 0) is 12.3 Å². The quantitative estimate of drug-likeness (QED) is 0.401. The van der Waals surface area contributed by atoms with Crippen molar-refractivity contribution < 1.29 is 0 Å². The van der Waals surface area contributed by atoms with Gasteiger partial charge in [-0.3, -0.25) is 5.41 Å². The van der Waals surface area contributed by atoms with Crippen LogP contribution in [0.25, 0.3) is 0 Å². The smallest absolute Gasteiger partial charge is 0.164 e. The van der Waals surface area contributed by atoms with Gasteiger partial charge in [-0.25, -0.2) is 0 Å². The van der Waals surface area contributed by atoms with Crippen LogP contribution >= 0.6 is 11.8 Å². The summed E-state index contributed by atoms with van der Waals surface area (Å²) in [5.74, 6) is 2.41. The van der Waals surface area contributed by atoms with E-state index in [4.69, 9.17) is 11.8 Å². The molecule has 0 bridgehead atoms. The molecule has 64 valence electrons. The molecule has 2 nitrogen and oxygen atoms in total. The third-order valence-corrected chi connectivity index (χ3v) is 1.98. The summed E-state index contributed by atoms with van der Waals surface area (Å²) in [6.07, 6.45) is 6.71. The van der Waals surface area contributed by atoms with E-state index in [2.05, 4.69) is 12.5 Å². The Morgan fingerprint density at radius 3 is 2.75 bits per heavy atom. The van der Waals surface area contributed by atoms with Gasteiger partial charge in [0.05, 0.1) is 0 Å². The average molecular weight is 180 g/mol. The van der Waals surface area contributed by atoms with Crippen LogP contribution in [0.2, 0.25) is 0 Å². The fraction of sp³-hybridized carbons (Fsp3) is 0.222. The molecule has 0 saturated heterocycles. The van der Waals surface area contributed by atoms with Crippen LogP contribution < -0.4 is 0 Å². The van der Waals surface area contributed by atoms with E-state index in [1.165, 1.54) is 11.8 Å². The number of rotatable bonds is 2. The van der Waals surface area contributed by atoms with Crippen LogP contribution in [0.1, 0.15) is 6.92 Å². The minimum absolute atomic E-state index is 0.411. The highest BCUT2D eigenvalue weighted by Gasteiger charge is 2.03. The molecular formula is C9H12N2S. The van der Waals surface area contributed by atoms with Gasteiger partial charge in [-0.1, -0.05) is 24.3 Å². The van der Waals surface area contributed by atoms with Crippen molar-refractivity contribution in [2.45, 2.75) is 6.92 Å². The first kappa shape index (κ1) is 10.9. The van der Waals surface area contributed by atoms with Crippen LogP contribution in [-0.4, -0.2) is 17.1 Å². The molecule has 0 fully saturated rings. The van der Waals surface area contributed by atoms with Gasteiger partial charge in [0.2, 0.25) is 0 Å². The number of nitrogens with zero attached hydrogens (tertiary/aromatic N) is 1. The summed E-state index contributed by atoms with van der Waals surface area (Å²) in [7, 11) is 1.79. The maximum Gasteiger partial charge on any atom is 0.164 e. The van der Waals surface area contributed by atoms with Crippen LogP contribution in [0.3, 0.4) is 0 Å². The lowest BCUT2D eigenvalue weighted by Crippen LogP contribution is -2.20. The van der Waals surface area contributed by atoms with Crippen LogP contribution in [0, 0.1) is 17.8 Å². The molecule has 0 amide bonds. The Kier molecular flexibility index (Phi) is 4.98. The molecular weight excluding hydrogens is 168 g/mol. The molecule has 0 aromatic rings. The number of hydrogen-bond acceptors (Lipinski definition) is 2. The molecule has 12 heavy (non-hydrogen) atoms. The molecule has 0 aromatic carbocycles. The highest BCUT2D eigenvalue weighted by Crippen LogP contribution is 2.10. The Bertz CT molecular complexity index is 248. The monoisotopic (exact) mass is 180 g/mol. The summed E-state index contributed by atoms with van der Waals surface area (Å²) < 4.78 is 0. The predicted molar refractivity (Wildman–Crippen MR) is 55.9 cm³/mol. The second-order valence-corrected chi connectivity index (χ2v) is 3.06. The topological polar surface area (TPSA) is 27.1 Å². The zero-order valence-corrected chi connectivity index (χ0v) is 8.11. The van der Waals surface area contributed by atoms with Crippen LogP contribution in [0.15, 0.2) is 23.8 Å². The molecule has 0 spiro atoms. The lowest BCUT2D eigenvalue weighted by molar-refractivity contribution is 0.637. The van der Waals surface area contributed by atoms with E-state index in [0.717, 1.165) is 5.70 Å². The molecule has 0 rings (SSSR count). The fourth-order valence-corrected chi connectivity index (χ4v) is 0.996. The highest BCUT2D eigenvalue weighted by molar-refractivity contribution is 8.16. The average Bonchev–Trinajstić information content (AvgIpc) is 2.04.